The standard InChI is InChI=1S/C30H18/c1-3-7-25-19-29-15-21(11-13-27(29)17-23(25)5-1)9-10-22-12-14-28-18-24-6-2-4-8-26(24)20-30(28)16-22/h1-8,11-20H. The van der Waals surface area contributed by atoms with E-state index >= 15 is 0 Å². The monoisotopic (exact) mass is 378 g/mol. The molecule has 0 atom stereocenters. The Labute approximate surface area is 175 Å². The minimum absolute atomic E-state index is 1.04. The van der Waals surface area contributed by atoms with Crippen molar-refractivity contribution in [2.45, 2.75) is 0 Å². The van der Waals surface area contributed by atoms with Crippen molar-refractivity contribution in [2.75, 3.05) is 0 Å². The van der Waals surface area contributed by atoms with E-state index in [0.29, 0.717) is 0 Å². The second-order valence-electron chi connectivity index (χ2n) is 7.77. The summed E-state index contributed by atoms with van der Waals surface area (Å²) in [4.78, 5) is 0. The molecule has 0 heterocycles. The first-order valence-electron chi connectivity index (χ1n) is 10.2. The molecule has 0 fully saturated rings. The average Bonchev–Trinajstić information content (AvgIpc) is 2.79. The van der Waals surface area contributed by atoms with E-state index < -0.39 is 0 Å². The van der Waals surface area contributed by atoms with Gasteiger partial charge in [0.1, 0.15) is 0 Å². The Kier molecular flexibility index (Phi) is 3.79. The molecule has 0 aliphatic rings. The van der Waals surface area contributed by atoms with Crippen LogP contribution in [0.5, 0.6) is 0 Å². The van der Waals surface area contributed by atoms with Crippen LogP contribution in [0.3, 0.4) is 0 Å². The summed E-state index contributed by atoms with van der Waals surface area (Å²) in [5.41, 5.74) is 2.08. The van der Waals surface area contributed by atoms with Crippen molar-refractivity contribution in [1.82, 2.24) is 0 Å². The lowest BCUT2D eigenvalue weighted by atomic mass is 10.0. The maximum atomic E-state index is 3.35. The van der Waals surface area contributed by atoms with E-state index in [4.69, 9.17) is 0 Å². The Bertz CT molecular complexity index is 1520. The van der Waals surface area contributed by atoms with Gasteiger partial charge in [0.15, 0.2) is 0 Å². The van der Waals surface area contributed by atoms with Crippen LogP contribution in [0.15, 0.2) is 109 Å². The molecule has 0 spiro atoms. The van der Waals surface area contributed by atoms with Crippen LogP contribution in [-0.4, -0.2) is 0 Å². The van der Waals surface area contributed by atoms with Crippen LogP contribution in [0.1, 0.15) is 11.1 Å². The molecule has 0 bridgehead atoms. The fourth-order valence-electron chi connectivity index (χ4n) is 4.18. The summed E-state index contributed by atoms with van der Waals surface area (Å²) in [5.74, 6) is 6.71. The summed E-state index contributed by atoms with van der Waals surface area (Å²) in [6.45, 7) is 0. The van der Waals surface area contributed by atoms with Crippen LogP contribution < -0.4 is 0 Å². The predicted octanol–water partition coefficient (Wildman–Crippen LogP) is 7.70. The van der Waals surface area contributed by atoms with Crippen LogP contribution in [0.4, 0.5) is 0 Å². The van der Waals surface area contributed by atoms with Gasteiger partial charge in [-0.15, -0.1) is 0 Å². The fourth-order valence-corrected chi connectivity index (χ4v) is 4.18. The Morgan fingerprint density at radius 2 is 0.633 bits per heavy atom. The van der Waals surface area contributed by atoms with Gasteiger partial charge in [0.05, 0.1) is 0 Å². The number of rotatable bonds is 0. The van der Waals surface area contributed by atoms with Crippen LogP contribution >= 0.6 is 0 Å². The Morgan fingerprint density at radius 3 is 1.03 bits per heavy atom. The van der Waals surface area contributed by atoms with E-state index in [2.05, 4.69) is 121 Å². The lowest BCUT2D eigenvalue weighted by molar-refractivity contribution is 1.68. The summed E-state index contributed by atoms with van der Waals surface area (Å²) in [7, 11) is 0. The maximum Gasteiger partial charge on any atom is 0.0255 e. The third-order valence-electron chi connectivity index (χ3n) is 5.76. The van der Waals surface area contributed by atoms with Crippen molar-refractivity contribution in [3.8, 4) is 11.8 Å². The highest BCUT2D eigenvalue weighted by molar-refractivity contribution is 5.99. The fraction of sp³-hybridized carbons (Fsp3) is 0. The summed E-state index contributed by atoms with van der Waals surface area (Å²) >= 11 is 0. The molecular formula is C30H18. The summed E-state index contributed by atoms with van der Waals surface area (Å²) in [6, 6.07) is 38.9. The number of benzene rings is 6. The van der Waals surface area contributed by atoms with Crippen LogP contribution in [-0.2, 0) is 0 Å². The minimum atomic E-state index is 1.04. The average molecular weight is 378 g/mol. The van der Waals surface area contributed by atoms with Crippen molar-refractivity contribution in [3.05, 3.63) is 120 Å². The van der Waals surface area contributed by atoms with E-state index in [-0.39, 0.29) is 0 Å². The molecule has 0 amide bonds. The molecule has 0 heteroatoms. The largest absolute Gasteiger partial charge is 0.0616 e. The van der Waals surface area contributed by atoms with Gasteiger partial charge in [-0.25, -0.2) is 0 Å². The van der Waals surface area contributed by atoms with Gasteiger partial charge in [-0.05, 0) is 91.6 Å². The third kappa shape index (κ3) is 2.98. The predicted molar refractivity (Wildman–Crippen MR) is 129 cm³/mol. The molecule has 0 saturated heterocycles. The molecule has 0 aliphatic heterocycles. The Hall–Kier alpha value is -4.08. The van der Waals surface area contributed by atoms with Gasteiger partial charge in [-0.3, -0.25) is 0 Å². The lowest BCUT2D eigenvalue weighted by Gasteiger charge is -2.03. The Balaban J connectivity index is 1.40. The molecule has 6 aromatic rings. The van der Waals surface area contributed by atoms with Crippen LogP contribution in [0.2, 0.25) is 0 Å². The third-order valence-corrected chi connectivity index (χ3v) is 5.76. The van der Waals surface area contributed by atoms with Crippen LogP contribution in [0, 0.1) is 11.8 Å². The van der Waals surface area contributed by atoms with Crippen molar-refractivity contribution in [1.29, 1.82) is 0 Å². The molecule has 30 heavy (non-hydrogen) atoms. The van der Waals surface area contributed by atoms with E-state index in [1.807, 2.05) is 0 Å². The summed E-state index contributed by atoms with van der Waals surface area (Å²) in [5, 5.41) is 10.0. The molecule has 0 aromatic heterocycles. The van der Waals surface area contributed by atoms with Crippen LogP contribution in [0.25, 0.3) is 43.1 Å². The second kappa shape index (κ2) is 6.76. The summed E-state index contributed by atoms with van der Waals surface area (Å²) in [6.07, 6.45) is 0. The first-order chi connectivity index (χ1) is 14.8. The number of fused-ring (bicyclic) bond motifs is 4. The maximum absolute atomic E-state index is 3.35. The molecule has 0 unspecified atom stereocenters. The SMILES string of the molecule is C(#Cc1ccc2cc3ccccc3cc2c1)c1ccc2cc3ccccc3cc2c1. The highest BCUT2D eigenvalue weighted by Gasteiger charge is 2.00. The van der Waals surface area contributed by atoms with E-state index in [1.165, 1.54) is 43.1 Å². The summed E-state index contributed by atoms with van der Waals surface area (Å²) < 4.78 is 0. The van der Waals surface area contributed by atoms with Crippen molar-refractivity contribution >= 4 is 43.1 Å². The highest BCUT2D eigenvalue weighted by Crippen LogP contribution is 2.25. The van der Waals surface area contributed by atoms with E-state index in [9.17, 15) is 0 Å². The van der Waals surface area contributed by atoms with E-state index in [1.54, 1.807) is 0 Å². The number of hydrogen-bond acceptors (Lipinski definition) is 0. The van der Waals surface area contributed by atoms with Gasteiger partial charge in [-0.2, -0.15) is 0 Å². The first-order valence-corrected chi connectivity index (χ1v) is 10.2. The molecular weight excluding hydrogens is 360 g/mol. The molecule has 0 radical (unpaired) electrons. The zero-order valence-electron chi connectivity index (χ0n) is 16.4. The quantitative estimate of drug-likeness (QED) is 0.188. The second-order valence-corrected chi connectivity index (χ2v) is 7.77. The van der Waals surface area contributed by atoms with Gasteiger partial charge in [0.25, 0.3) is 0 Å². The van der Waals surface area contributed by atoms with Crippen molar-refractivity contribution in [3.63, 3.8) is 0 Å². The molecule has 0 nitrogen and oxygen atoms in total. The zero-order valence-corrected chi connectivity index (χ0v) is 16.4. The van der Waals surface area contributed by atoms with Gasteiger partial charge >= 0.3 is 0 Å². The minimum Gasteiger partial charge on any atom is -0.0616 e. The molecule has 0 aliphatic carbocycles. The molecule has 0 N–H and O–H groups in total. The molecule has 138 valence electrons. The molecule has 6 rings (SSSR count). The highest BCUT2D eigenvalue weighted by atomic mass is 14.0. The Morgan fingerprint density at radius 1 is 0.300 bits per heavy atom. The van der Waals surface area contributed by atoms with Gasteiger partial charge < -0.3 is 0 Å². The molecule has 6 aromatic carbocycles. The topological polar surface area (TPSA) is 0 Å². The first kappa shape index (κ1) is 16.8. The normalized spacial score (nSPS) is 11.1. The van der Waals surface area contributed by atoms with Crippen molar-refractivity contribution in [2.24, 2.45) is 0 Å². The van der Waals surface area contributed by atoms with Gasteiger partial charge in [0, 0.05) is 11.1 Å². The zero-order chi connectivity index (χ0) is 19.9. The lowest BCUT2D eigenvalue weighted by Crippen LogP contribution is -1.81. The number of hydrogen-bond donors (Lipinski definition) is 0. The van der Waals surface area contributed by atoms with E-state index in [0.717, 1.165) is 11.1 Å². The van der Waals surface area contributed by atoms with Crippen molar-refractivity contribution < 1.29 is 0 Å². The van der Waals surface area contributed by atoms with Gasteiger partial charge in [0.2, 0.25) is 0 Å². The molecule has 0 saturated carbocycles. The van der Waals surface area contributed by atoms with Gasteiger partial charge in [-0.1, -0.05) is 72.5 Å². The smallest absolute Gasteiger partial charge is 0.0255 e.